The number of hydrogen-bond donors (Lipinski definition) is 2. The Morgan fingerprint density at radius 3 is 2.23 bits per heavy atom. The number of hydrogen-bond acceptors (Lipinski definition) is 6. The van der Waals surface area contributed by atoms with Gasteiger partial charge < -0.3 is 10.8 Å². The summed E-state index contributed by atoms with van der Waals surface area (Å²) in [5.41, 5.74) is 5.80. The largest absolute Gasteiger partial charge is 0.390 e. The molecule has 0 unspecified atom stereocenters. The van der Waals surface area contributed by atoms with Gasteiger partial charge in [-0.2, -0.15) is 15.8 Å². The van der Waals surface area contributed by atoms with Gasteiger partial charge in [-0.15, -0.1) is 0 Å². The van der Waals surface area contributed by atoms with Crippen molar-refractivity contribution in [1.82, 2.24) is 4.98 Å². The van der Waals surface area contributed by atoms with Gasteiger partial charge in [-0.25, -0.2) is 4.98 Å². The van der Waals surface area contributed by atoms with Crippen molar-refractivity contribution in [1.29, 1.82) is 15.8 Å². The molecule has 1 rings (SSSR count). The van der Waals surface area contributed by atoms with E-state index in [1.807, 2.05) is 40.8 Å². The van der Waals surface area contributed by atoms with Crippen LogP contribution in [0, 0.1) is 37.7 Å². The van der Waals surface area contributed by atoms with Gasteiger partial charge in [0.1, 0.15) is 27.2 Å². The van der Waals surface area contributed by atoms with E-state index >= 15 is 0 Å². The van der Waals surface area contributed by atoms with Gasteiger partial charge in [-0.05, 0) is 49.8 Å². The van der Waals surface area contributed by atoms with Crippen LogP contribution < -0.4 is 5.73 Å². The molecule has 0 atom stereocenters. The summed E-state index contributed by atoms with van der Waals surface area (Å²) in [6.07, 6.45) is 0.227. The molecular weight excluding hydrogens is 393 g/mol. The zero-order valence-electron chi connectivity index (χ0n) is 12.4. The highest BCUT2D eigenvalue weighted by molar-refractivity contribution is 14.1. The summed E-state index contributed by atoms with van der Waals surface area (Å²) in [6.45, 7) is 4.92. The van der Waals surface area contributed by atoms with E-state index < -0.39 is 5.60 Å². The maximum Gasteiger partial charge on any atom is 0.143 e. The van der Waals surface area contributed by atoms with Crippen molar-refractivity contribution in [2.75, 3.05) is 5.73 Å². The normalized spacial score (nSPS) is 11.9. The molecule has 3 N–H and O–H groups in total. The fraction of sp³-hybridized carbons (Fsp3) is 0.333. The number of nitrogens with zero attached hydrogens (tertiary/aromatic N) is 4. The van der Waals surface area contributed by atoms with Gasteiger partial charge in [0.15, 0.2) is 0 Å². The number of pyridine rings is 1. The number of allylic oxidation sites excluding steroid dienone is 1. The van der Waals surface area contributed by atoms with Crippen LogP contribution in [0.4, 0.5) is 5.82 Å². The molecule has 0 aliphatic rings. The van der Waals surface area contributed by atoms with Crippen molar-refractivity contribution < 1.29 is 5.11 Å². The van der Waals surface area contributed by atoms with Gasteiger partial charge in [0.2, 0.25) is 0 Å². The fourth-order valence-electron chi connectivity index (χ4n) is 2.14. The predicted molar refractivity (Wildman–Crippen MR) is 89.9 cm³/mol. The molecule has 0 amide bonds. The van der Waals surface area contributed by atoms with Crippen molar-refractivity contribution in [2.45, 2.75) is 32.8 Å². The Hall–Kier alpha value is -2.15. The van der Waals surface area contributed by atoms with E-state index in [1.165, 1.54) is 0 Å². The molecule has 7 heteroatoms. The van der Waals surface area contributed by atoms with Crippen LogP contribution in [0.1, 0.15) is 43.9 Å². The van der Waals surface area contributed by atoms with Gasteiger partial charge in [-0.3, -0.25) is 0 Å². The van der Waals surface area contributed by atoms with Crippen LogP contribution in [0.2, 0.25) is 0 Å². The molecule has 112 valence electrons. The highest BCUT2D eigenvalue weighted by Gasteiger charge is 2.24. The van der Waals surface area contributed by atoms with E-state index in [2.05, 4.69) is 4.98 Å². The molecule has 0 aliphatic heterocycles. The quantitative estimate of drug-likeness (QED) is 0.450. The highest BCUT2D eigenvalue weighted by Crippen LogP contribution is 2.32. The smallest absolute Gasteiger partial charge is 0.143 e. The van der Waals surface area contributed by atoms with Crippen molar-refractivity contribution in [3.05, 3.63) is 26.0 Å². The maximum absolute atomic E-state index is 9.93. The van der Waals surface area contributed by atoms with Crippen LogP contribution in [-0.2, 0) is 0 Å². The van der Waals surface area contributed by atoms with Gasteiger partial charge >= 0.3 is 0 Å². The number of nitrogens with two attached hydrogens (primary N) is 1. The molecule has 0 fully saturated rings. The van der Waals surface area contributed by atoms with E-state index in [-0.39, 0.29) is 34.5 Å². The molecule has 0 spiro atoms. The first-order valence-electron chi connectivity index (χ1n) is 6.28. The number of nitriles is 3. The Labute approximate surface area is 142 Å². The lowest BCUT2D eigenvalue weighted by Gasteiger charge is -2.19. The van der Waals surface area contributed by atoms with Crippen molar-refractivity contribution in [3.8, 4) is 18.2 Å². The van der Waals surface area contributed by atoms with Crippen molar-refractivity contribution in [3.63, 3.8) is 0 Å². The standard InChI is InChI=1S/C15H14IN5O/c1-8(4-15(2,3)22)9(5-17)12-10(6-18)13(16)21-14(20)11(12)7-19/h22H,4H2,1-3H3,(H2,20,21). The van der Waals surface area contributed by atoms with E-state index in [0.717, 1.165) is 0 Å². The molecular formula is C15H14IN5O. The third kappa shape index (κ3) is 3.73. The summed E-state index contributed by atoms with van der Waals surface area (Å²) >= 11 is 1.84. The Kier molecular flexibility index (Phi) is 5.48. The molecule has 0 radical (unpaired) electrons. The average Bonchev–Trinajstić information content (AvgIpc) is 2.37. The number of halogens is 1. The fourth-order valence-corrected chi connectivity index (χ4v) is 2.79. The average molecular weight is 407 g/mol. The lowest BCUT2D eigenvalue weighted by Crippen LogP contribution is -2.19. The van der Waals surface area contributed by atoms with Gasteiger partial charge in [0.05, 0.1) is 22.8 Å². The first kappa shape index (κ1) is 17.9. The maximum atomic E-state index is 9.93. The van der Waals surface area contributed by atoms with E-state index in [4.69, 9.17) is 5.73 Å². The Bertz CT molecular complexity index is 731. The second kappa shape index (κ2) is 6.74. The molecule has 0 saturated carbocycles. The molecule has 0 saturated heterocycles. The summed E-state index contributed by atoms with van der Waals surface area (Å²) in [7, 11) is 0. The van der Waals surface area contributed by atoms with Crippen LogP contribution in [0.5, 0.6) is 0 Å². The Balaban J connectivity index is 3.81. The molecule has 1 aromatic rings. The number of anilines is 1. The minimum atomic E-state index is -1.02. The SMILES string of the molecule is CC(CC(C)(C)O)=C(C#N)c1c(C#N)c(N)nc(I)c1C#N. The summed E-state index contributed by atoms with van der Waals surface area (Å²) < 4.78 is 0.329. The molecule has 0 bridgehead atoms. The number of nitrogen functional groups attached to an aromatic ring is 1. The molecule has 0 aromatic carbocycles. The lowest BCUT2D eigenvalue weighted by molar-refractivity contribution is 0.0812. The summed E-state index contributed by atoms with van der Waals surface area (Å²) in [4.78, 5) is 3.96. The van der Waals surface area contributed by atoms with Crippen molar-refractivity contribution >= 4 is 34.0 Å². The van der Waals surface area contributed by atoms with Crippen molar-refractivity contribution in [2.24, 2.45) is 0 Å². The first-order chi connectivity index (χ1) is 10.2. The molecule has 6 nitrogen and oxygen atoms in total. The van der Waals surface area contributed by atoms with Crippen LogP contribution in [0.25, 0.3) is 5.57 Å². The van der Waals surface area contributed by atoms with Crippen LogP contribution in [0.15, 0.2) is 5.57 Å². The number of aliphatic hydroxyl groups is 1. The minimum absolute atomic E-state index is 0.00334. The second-order valence-electron chi connectivity index (χ2n) is 5.39. The topological polar surface area (TPSA) is 131 Å². The minimum Gasteiger partial charge on any atom is -0.390 e. The van der Waals surface area contributed by atoms with E-state index in [9.17, 15) is 20.9 Å². The van der Waals surface area contributed by atoms with Gasteiger partial charge in [-0.1, -0.05) is 5.57 Å². The molecule has 0 aliphatic carbocycles. The molecule has 1 heterocycles. The van der Waals surface area contributed by atoms with Gasteiger partial charge in [0, 0.05) is 5.56 Å². The summed E-state index contributed by atoms with van der Waals surface area (Å²) in [5, 5.41) is 38.1. The van der Waals surface area contributed by atoms with Gasteiger partial charge in [0.25, 0.3) is 0 Å². The van der Waals surface area contributed by atoms with Crippen LogP contribution in [-0.4, -0.2) is 15.7 Å². The number of rotatable bonds is 3. The predicted octanol–water partition coefficient (Wildman–Crippen LogP) is 2.47. The zero-order chi connectivity index (χ0) is 17.1. The zero-order valence-corrected chi connectivity index (χ0v) is 14.6. The first-order valence-corrected chi connectivity index (χ1v) is 7.36. The van der Waals surface area contributed by atoms with E-state index in [1.54, 1.807) is 20.8 Å². The van der Waals surface area contributed by atoms with Crippen LogP contribution in [0.3, 0.4) is 0 Å². The third-order valence-electron chi connectivity index (χ3n) is 2.89. The van der Waals surface area contributed by atoms with E-state index in [0.29, 0.717) is 9.27 Å². The second-order valence-corrected chi connectivity index (χ2v) is 6.41. The van der Waals surface area contributed by atoms with Crippen LogP contribution >= 0.6 is 22.6 Å². The molecule has 22 heavy (non-hydrogen) atoms. The summed E-state index contributed by atoms with van der Waals surface area (Å²) in [5.74, 6) is -0.0234. The number of aromatic nitrogens is 1. The monoisotopic (exact) mass is 407 g/mol. The Morgan fingerprint density at radius 2 is 1.82 bits per heavy atom. The Morgan fingerprint density at radius 1 is 1.27 bits per heavy atom. The highest BCUT2D eigenvalue weighted by atomic mass is 127. The third-order valence-corrected chi connectivity index (χ3v) is 3.67. The summed E-state index contributed by atoms with van der Waals surface area (Å²) in [6, 6.07) is 5.91. The molecule has 1 aromatic heterocycles. The lowest BCUT2D eigenvalue weighted by atomic mass is 9.89.